The summed E-state index contributed by atoms with van der Waals surface area (Å²) in [6.45, 7) is 9.12. The van der Waals surface area contributed by atoms with Gasteiger partial charge < -0.3 is 0 Å². The third-order valence-corrected chi connectivity index (χ3v) is 6.88. The van der Waals surface area contributed by atoms with Gasteiger partial charge >= 0.3 is 0 Å². The molecular formula is C12H18N4SSi. The SMILES string of the molecule is Cc1cccc(-n2nnnc2SC[Si](C)(C)C)c1. The third-order valence-electron chi connectivity index (χ3n) is 2.32. The van der Waals surface area contributed by atoms with Crippen LogP contribution in [0.1, 0.15) is 5.56 Å². The molecule has 6 heteroatoms. The second-order valence-electron chi connectivity index (χ2n) is 5.56. The zero-order chi connectivity index (χ0) is 13.2. The van der Waals surface area contributed by atoms with Crippen LogP contribution in [0.5, 0.6) is 0 Å². The van der Waals surface area contributed by atoms with Gasteiger partial charge in [-0.25, -0.2) is 0 Å². The average Bonchev–Trinajstić information content (AvgIpc) is 2.73. The Morgan fingerprint density at radius 2 is 2.06 bits per heavy atom. The lowest BCUT2D eigenvalue weighted by Gasteiger charge is -2.14. The highest BCUT2D eigenvalue weighted by atomic mass is 32.2. The maximum absolute atomic E-state index is 4.11. The summed E-state index contributed by atoms with van der Waals surface area (Å²) in [5.41, 5.74) is 2.24. The Balaban J connectivity index is 2.23. The summed E-state index contributed by atoms with van der Waals surface area (Å²) in [6, 6.07) is 8.22. The lowest BCUT2D eigenvalue weighted by molar-refractivity contribution is 0.756. The first-order valence-corrected chi connectivity index (χ1v) is 10.6. The molecule has 18 heavy (non-hydrogen) atoms. The smallest absolute Gasteiger partial charge is 0.188 e. The van der Waals surface area contributed by atoms with Crippen LogP contribution in [0.3, 0.4) is 0 Å². The van der Waals surface area contributed by atoms with E-state index in [2.05, 4.69) is 54.2 Å². The topological polar surface area (TPSA) is 43.6 Å². The Bertz CT molecular complexity index is 533. The van der Waals surface area contributed by atoms with E-state index < -0.39 is 8.07 Å². The highest BCUT2D eigenvalue weighted by Gasteiger charge is 2.17. The van der Waals surface area contributed by atoms with E-state index in [9.17, 15) is 0 Å². The second-order valence-corrected chi connectivity index (χ2v) is 12.5. The van der Waals surface area contributed by atoms with Crippen LogP contribution in [0, 0.1) is 6.92 Å². The lowest BCUT2D eigenvalue weighted by Crippen LogP contribution is -2.24. The number of aryl methyl sites for hydroxylation is 1. The molecular weight excluding hydrogens is 260 g/mol. The Kier molecular flexibility index (Phi) is 3.87. The summed E-state index contributed by atoms with van der Waals surface area (Å²) in [5, 5.41) is 14.0. The van der Waals surface area contributed by atoms with Crippen molar-refractivity contribution in [3.05, 3.63) is 29.8 Å². The molecule has 0 N–H and O–H groups in total. The molecule has 1 aromatic heterocycles. The molecule has 0 radical (unpaired) electrons. The minimum atomic E-state index is -1.09. The number of rotatable bonds is 4. The average molecular weight is 278 g/mol. The van der Waals surface area contributed by atoms with E-state index in [0.717, 1.165) is 16.2 Å². The zero-order valence-corrected chi connectivity index (χ0v) is 13.0. The molecule has 4 nitrogen and oxygen atoms in total. The minimum Gasteiger partial charge on any atom is -0.188 e. The van der Waals surface area contributed by atoms with Crippen molar-refractivity contribution in [2.24, 2.45) is 0 Å². The highest BCUT2D eigenvalue weighted by molar-refractivity contribution is 8.00. The van der Waals surface area contributed by atoms with E-state index in [4.69, 9.17) is 0 Å². The lowest BCUT2D eigenvalue weighted by atomic mass is 10.2. The monoisotopic (exact) mass is 278 g/mol. The first-order valence-electron chi connectivity index (χ1n) is 5.94. The number of benzene rings is 1. The van der Waals surface area contributed by atoms with Crippen molar-refractivity contribution in [3.63, 3.8) is 0 Å². The van der Waals surface area contributed by atoms with Gasteiger partial charge in [0.25, 0.3) is 0 Å². The molecule has 0 aliphatic carbocycles. The summed E-state index contributed by atoms with van der Waals surface area (Å²) in [7, 11) is -1.09. The van der Waals surface area contributed by atoms with E-state index in [-0.39, 0.29) is 0 Å². The molecule has 0 amide bonds. The molecule has 1 aromatic carbocycles. The maximum atomic E-state index is 4.11. The standard InChI is InChI=1S/C12H18N4SSi/c1-10-6-5-7-11(8-10)16-12(13-14-15-16)17-9-18(2,3)4/h5-8H,9H2,1-4H3. The Morgan fingerprint density at radius 3 is 2.72 bits per heavy atom. The van der Waals surface area contributed by atoms with Crippen LogP contribution in [0.15, 0.2) is 29.4 Å². The molecule has 1 heterocycles. The summed E-state index contributed by atoms with van der Waals surface area (Å²) in [6.07, 6.45) is 0. The Morgan fingerprint density at radius 1 is 1.28 bits per heavy atom. The van der Waals surface area contributed by atoms with E-state index in [1.165, 1.54) is 5.56 Å². The van der Waals surface area contributed by atoms with Crippen molar-refractivity contribution in [3.8, 4) is 5.69 Å². The van der Waals surface area contributed by atoms with E-state index >= 15 is 0 Å². The van der Waals surface area contributed by atoms with E-state index in [0.29, 0.717) is 0 Å². The number of hydrogen-bond donors (Lipinski definition) is 0. The molecule has 0 unspecified atom stereocenters. The van der Waals surface area contributed by atoms with Gasteiger partial charge in [-0.05, 0) is 40.4 Å². The predicted molar refractivity (Wildman–Crippen MR) is 78.0 cm³/mol. The normalized spacial score (nSPS) is 11.8. The summed E-state index contributed by atoms with van der Waals surface area (Å²) >= 11 is 1.75. The first kappa shape index (κ1) is 13.3. The number of hydrogen-bond acceptors (Lipinski definition) is 4. The van der Waals surface area contributed by atoms with Gasteiger partial charge in [-0.3, -0.25) is 0 Å². The van der Waals surface area contributed by atoms with Crippen molar-refractivity contribution in [1.29, 1.82) is 0 Å². The van der Waals surface area contributed by atoms with Crippen LogP contribution in [-0.2, 0) is 0 Å². The molecule has 0 fully saturated rings. The molecule has 0 aliphatic rings. The summed E-state index contributed by atoms with van der Waals surface area (Å²) < 4.78 is 1.82. The molecule has 0 atom stereocenters. The molecule has 0 spiro atoms. The van der Waals surface area contributed by atoms with Crippen LogP contribution in [0.25, 0.3) is 5.69 Å². The van der Waals surface area contributed by atoms with Crippen molar-refractivity contribution in [2.45, 2.75) is 31.7 Å². The second kappa shape index (κ2) is 5.24. The van der Waals surface area contributed by atoms with Crippen molar-refractivity contribution < 1.29 is 0 Å². The van der Waals surface area contributed by atoms with Gasteiger partial charge in [0, 0.05) is 0 Å². The minimum absolute atomic E-state index is 0.878. The van der Waals surface area contributed by atoms with Crippen LogP contribution >= 0.6 is 11.8 Å². The largest absolute Gasteiger partial charge is 0.213 e. The summed E-state index contributed by atoms with van der Waals surface area (Å²) in [4.78, 5) is 0. The van der Waals surface area contributed by atoms with Gasteiger partial charge in [-0.15, -0.1) is 5.10 Å². The number of aromatic nitrogens is 4. The summed E-state index contributed by atoms with van der Waals surface area (Å²) in [5.74, 6) is 0. The molecule has 0 bridgehead atoms. The number of tetrazole rings is 1. The van der Waals surface area contributed by atoms with Gasteiger partial charge in [0.05, 0.1) is 13.8 Å². The van der Waals surface area contributed by atoms with Gasteiger partial charge in [-0.2, -0.15) is 4.68 Å². The fraction of sp³-hybridized carbons (Fsp3) is 0.417. The van der Waals surface area contributed by atoms with Crippen LogP contribution in [0.2, 0.25) is 19.6 Å². The molecule has 2 aromatic rings. The van der Waals surface area contributed by atoms with E-state index in [1.54, 1.807) is 11.8 Å². The quantitative estimate of drug-likeness (QED) is 0.637. The molecule has 0 saturated carbocycles. The maximum Gasteiger partial charge on any atom is 0.213 e. The predicted octanol–water partition coefficient (Wildman–Crippen LogP) is 2.94. The third kappa shape index (κ3) is 3.43. The highest BCUT2D eigenvalue weighted by Crippen LogP contribution is 2.21. The van der Waals surface area contributed by atoms with Gasteiger partial charge in [0.1, 0.15) is 0 Å². The van der Waals surface area contributed by atoms with Gasteiger partial charge in [0.15, 0.2) is 0 Å². The van der Waals surface area contributed by atoms with Crippen molar-refractivity contribution >= 4 is 19.8 Å². The molecule has 0 saturated heterocycles. The van der Waals surface area contributed by atoms with Crippen LogP contribution in [0.4, 0.5) is 0 Å². The first-order chi connectivity index (χ1) is 8.46. The van der Waals surface area contributed by atoms with Crippen molar-refractivity contribution in [2.75, 3.05) is 5.38 Å². The van der Waals surface area contributed by atoms with E-state index in [1.807, 2.05) is 16.8 Å². The fourth-order valence-corrected chi connectivity index (χ4v) is 4.08. The Hall–Kier alpha value is -1.14. The number of thioether (sulfide) groups is 1. The van der Waals surface area contributed by atoms with Crippen LogP contribution in [-0.4, -0.2) is 33.7 Å². The Labute approximate surface area is 113 Å². The van der Waals surface area contributed by atoms with Gasteiger partial charge in [-0.1, -0.05) is 43.5 Å². The van der Waals surface area contributed by atoms with Crippen LogP contribution < -0.4 is 0 Å². The molecule has 0 aliphatic heterocycles. The fourth-order valence-electron chi connectivity index (χ4n) is 1.47. The molecule has 96 valence electrons. The molecule has 2 rings (SSSR count). The zero-order valence-electron chi connectivity index (χ0n) is 11.2. The van der Waals surface area contributed by atoms with Crippen molar-refractivity contribution in [1.82, 2.24) is 20.2 Å². The van der Waals surface area contributed by atoms with Gasteiger partial charge in [0.2, 0.25) is 5.16 Å². The number of nitrogens with zero attached hydrogens (tertiary/aromatic N) is 4.